The van der Waals surface area contributed by atoms with Crippen LogP contribution < -0.4 is 19.7 Å². The van der Waals surface area contributed by atoms with E-state index in [-0.39, 0.29) is 29.7 Å². The van der Waals surface area contributed by atoms with Gasteiger partial charge in [-0.3, -0.25) is 9.20 Å². The zero-order chi connectivity index (χ0) is 30.8. The van der Waals surface area contributed by atoms with Crippen LogP contribution in [0.2, 0.25) is 0 Å². The van der Waals surface area contributed by atoms with Gasteiger partial charge < -0.3 is 19.7 Å². The minimum absolute atomic E-state index is 0.0795. The summed E-state index contributed by atoms with van der Waals surface area (Å²) in [5.41, 5.74) is 1.69. The molecule has 1 N–H and O–H groups in total. The Hall–Kier alpha value is -4.42. The minimum atomic E-state index is -4.75. The van der Waals surface area contributed by atoms with Crippen LogP contribution in [-0.4, -0.2) is 40.8 Å². The van der Waals surface area contributed by atoms with Gasteiger partial charge in [0.25, 0.3) is 5.91 Å². The summed E-state index contributed by atoms with van der Waals surface area (Å²) in [6, 6.07) is 15.1. The van der Waals surface area contributed by atoms with E-state index in [0.717, 1.165) is 23.5 Å². The molecule has 5 rings (SSSR count). The summed E-state index contributed by atoms with van der Waals surface area (Å²) in [4.78, 5) is 19.6. The van der Waals surface area contributed by atoms with Crippen LogP contribution in [0.15, 0.2) is 66.9 Å². The number of carbonyl (C=O) groups excluding carboxylic acids is 1. The molecule has 1 saturated heterocycles. The monoisotopic (exact) mass is 606 g/mol. The van der Waals surface area contributed by atoms with Crippen molar-refractivity contribution in [2.45, 2.75) is 51.4 Å². The molecule has 0 unspecified atom stereocenters. The first-order chi connectivity index (χ1) is 20.4. The number of imidazole rings is 1. The number of anilines is 1. The molecule has 43 heavy (non-hydrogen) atoms. The van der Waals surface area contributed by atoms with Gasteiger partial charge in [0.15, 0.2) is 0 Å². The molecule has 1 fully saturated rings. The molecule has 0 radical (unpaired) electrons. The minimum Gasteiger partial charge on any atom is -0.490 e. The van der Waals surface area contributed by atoms with Crippen molar-refractivity contribution >= 4 is 17.2 Å². The van der Waals surface area contributed by atoms with E-state index in [9.17, 15) is 31.1 Å². The van der Waals surface area contributed by atoms with Gasteiger partial charge in [0.05, 0.1) is 11.3 Å². The summed E-state index contributed by atoms with van der Waals surface area (Å²) in [5, 5.41) is 2.79. The number of nitrogens with zero attached hydrogens (tertiary/aromatic N) is 3. The molecule has 1 aliphatic rings. The average Bonchev–Trinajstić information content (AvgIpc) is 3.35. The van der Waals surface area contributed by atoms with E-state index in [1.807, 2.05) is 24.3 Å². The number of aryl methyl sites for hydroxylation is 1. The fourth-order valence-electron chi connectivity index (χ4n) is 4.98. The van der Waals surface area contributed by atoms with Gasteiger partial charge in [-0.2, -0.15) is 13.2 Å². The van der Waals surface area contributed by atoms with E-state index in [4.69, 9.17) is 4.74 Å². The van der Waals surface area contributed by atoms with Gasteiger partial charge in [-0.25, -0.2) is 4.98 Å². The molecular formula is C30H28F6N4O3. The van der Waals surface area contributed by atoms with Crippen molar-refractivity contribution in [2.24, 2.45) is 0 Å². The van der Waals surface area contributed by atoms with E-state index in [1.165, 1.54) is 34.7 Å². The Morgan fingerprint density at radius 3 is 2.19 bits per heavy atom. The molecular weight excluding hydrogens is 578 g/mol. The molecule has 0 spiro atoms. The van der Waals surface area contributed by atoms with Gasteiger partial charge in [-0.05, 0) is 60.5 Å². The summed E-state index contributed by atoms with van der Waals surface area (Å²) in [7, 11) is 0. The molecule has 2 aromatic carbocycles. The Morgan fingerprint density at radius 1 is 0.930 bits per heavy atom. The highest BCUT2D eigenvalue weighted by Crippen LogP contribution is 2.30. The molecule has 0 bridgehead atoms. The zero-order valence-corrected chi connectivity index (χ0v) is 23.0. The van der Waals surface area contributed by atoms with Crippen molar-refractivity contribution < 1.29 is 40.6 Å². The number of rotatable bonds is 8. The summed E-state index contributed by atoms with van der Waals surface area (Å²) >= 11 is 0. The predicted octanol–water partition coefficient (Wildman–Crippen LogP) is 6.79. The smallest absolute Gasteiger partial charge is 0.490 e. The van der Waals surface area contributed by atoms with E-state index in [0.29, 0.717) is 43.8 Å². The first-order valence-corrected chi connectivity index (χ1v) is 13.6. The summed E-state index contributed by atoms with van der Waals surface area (Å²) < 4.78 is 87.8. The lowest BCUT2D eigenvalue weighted by atomic mass is 10.1. The van der Waals surface area contributed by atoms with Crippen LogP contribution in [0.3, 0.4) is 0 Å². The number of fused-ring (bicyclic) bond motifs is 1. The largest absolute Gasteiger partial charge is 0.573 e. The molecule has 0 aliphatic carbocycles. The molecule has 4 aromatic rings. The highest BCUT2D eigenvalue weighted by molar-refractivity contribution is 5.94. The van der Waals surface area contributed by atoms with Gasteiger partial charge in [-0.15, -0.1) is 13.2 Å². The van der Waals surface area contributed by atoms with Crippen LogP contribution in [0.25, 0.3) is 5.65 Å². The first kappa shape index (κ1) is 30.1. The number of halogens is 6. The van der Waals surface area contributed by atoms with E-state index in [1.54, 1.807) is 6.92 Å². The van der Waals surface area contributed by atoms with Gasteiger partial charge in [0, 0.05) is 44.4 Å². The van der Waals surface area contributed by atoms with Crippen molar-refractivity contribution in [3.8, 4) is 11.5 Å². The maximum absolute atomic E-state index is 13.3. The Bertz CT molecular complexity index is 1560. The maximum atomic E-state index is 13.3. The fourth-order valence-corrected chi connectivity index (χ4v) is 4.98. The standard InChI is InChI=1S/C30H28F6N4O3/c1-2-25-27(40-18-20(29(31,32)33)5-12-26(40)38-25)28(41)37-17-19-3-6-21(7-4-19)39-15-13-23(14-16-39)42-22-8-10-24(11-9-22)43-30(34,35)36/h3-12,18,23H,2,13-17H2,1H3,(H,37,41). The fraction of sp³-hybridized carbons (Fsp3) is 0.333. The van der Waals surface area contributed by atoms with Crippen molar-refractivity contribution in [3.05, 3.63) is 89.4 Å². The molecule has 0 atom stereocenters. The van der Waals surface area contributed by atoms with Gasteiger partial charge >= 0.3 is 12.5 Å². The number of hydrogen-bond acceptors (Lipinski definition) is 5. The third-order valence-electron chi connectivity index (χ3n) is 7.12. The number of aromatic nitrogens is 2. The number of hydrogen-bond donors (Lipinski definition) is 1. The third-order valence-corrected chi connectivity index (χ3v) is 7.12. The predicted molar refractivity (Wildman–Crippen MR) is 146 cm³/mol. The number of benzene rings is 2. The van der Waals surface area contributed by atoms with E-state index in [2.05, 4.69) is 19.9 Å². The highest BCUT2D eigenvalue weighted by Gasteiger charge is 2.32. The first-order valence-electron chi connectivity index (χ1n) is 13.6. The molecule has 1 amide bonds. The number of nitrogens with one attached hydrogen (secondary N) is 1. The SMILES string of the molecule is CCc1nc2ccc(C(F)(F)F)cn2c1C(=O)NCc1ccc(N2CCC(Oc3ccc(OC(F)(F)F)cc3)CC2)cc1. The Morgan fingerprint density at radius 2 is 1.58 bits per heavy atom. The normalized spacial score (nSPS) is 14.6. The number of ether oxygens (including phenoxy) is 2. The quantitative estimate of drug-likeness (QED) is 0.224. The van der Waals surface area contributed by atoms with Crippen LogP contribution in [0.5, 0.6) is 11.5 Å². The number of amides is 1. The van der Waals surface area contributed by atoms with Crippen molar-refractivity contribution in [1.82, 2.24) is 14.7 Å². The molecule has 2 aromatic heterocycles. The molecule has 13 heteroatoms. The molecule has 228 valence electrons. The van der Waals surface area contributed by atoms with Crippen LogP contribution in [0.4, 0.5) is 32.0 Å². The van der Waals surface area contributed by atoms with Gasteiger partial charge in [-0.1, -0.05) is 19.1 Å². The number of piperidine rings is 1. The lowest BCUT2D eigenvalue weighted by Gasteiger charge is -2.33. The van der Waals surface area contributed by atoms with Crippen molar-refractivity contribution in [1.29, 1.82) is 0 Å². The summed E-state index contributed by atoms with van der Waals surface area (Å²) in [5.74, 6) is -0.356. The molecule has 0 saturated carbocycles. The lowest BCUT2D eigenvalue weighted by Crippen LogP contribution is -2.38. The number of pyridine rings is 1. The molecule has 1 aliphatic heterocycles. The number of alkyl halides is 6. The average molecular weight is 607 g/mol. The highest BCUT2D eigenvalue weighted by atomic mass is 19.4. The second-order valence-corrected chi connectivity index (χ2v) is 10.1. The lowest BCUT2D eigenvalue weighted by molar-refractivity contribution is -0.274. The zero-order valence-electron chi connectivity index (χ0n) is 23.0. The van der Waals surface area contributed by atoms with E-state index < -0.39 is 24.0 Å². The molecule has 3 heterocycles. The Kier molecular flexibility index (Phi) is 8.43. The van der Waals surface area contributed by atoms with Gasteiger partial charge in [0.2, 0.25) is 0 Å². The van der Waals surface area contributed by atoms with Crippen LogP contribution in [0.1, 0.15) is 47.1 Å². The Labute approximate surface area is 243 Å². The summed E-state index contributed by atoms with van der Waals surface area (Å²) in [6.07, 6.45) is -6.67. The third kappa shape index (κ3) is 7.33. The van der Waals surface area contributed by atoms with Crippen molar-refractivity contribution in [3.63, 3.8) is 0 Å². The van der Waals surface area contributed by atoms with Crippen molar-refractivity contribution in [2.75, 3.05) is 18.0 Å². The topological polar surface area (TPSA) is 68.1 Å². The summed E-state index contributed by atoms with van der Waals surface area (Å²) in [6.45, 7) is 3.39. The van der Waals surface area contributed by atoms with Crippen LogP contribution in [-0.2, 0) is 19.1 Å². The second kappa shape index (κ2) is 12.1. The maximum Gasteiger partial charge on any atom is 0.573 e. The molecule has 7 nitrogen and oxygen atoms in total. The second-order valence-electron chi connectivity index (χ2n) is 10.1. The van der Waals surface area contributed by atoms with Crippen LogP contribution in [0, 0.1) is 0 Å². The number of carbonyl (C=O) groups is 1. The van der Waals surface area contributed by atoms with Crippen LogP contribution >= 0.6 is 0 Å². The van der Waals surface area contributed by atoms with E-state index >= 15 is 0 Å². The van der Waals surface area contributed by atoms with Gasteiger partial charge in [0.1, 0.15) is 28.9 Å². The Balaban J connectivity index is 1.15.